The third-order valence-corrected chi connectivity index (χ3v) is 2.62. The molecule has 1 aromatic heterocycles. The fraction of sp³-hybridized carbons (Fsp3) is 0.0714. The number of primary amides is 1. The minimum absolute atomic E-state index is 0.165. The Labute approximate surface area is 115 Å². The molecule has 0 aliphatic heterocycles. The highest BCUT2D eigenvalue weighted by Gasteiger charge is 2.07. The van der Waals surface area contributed by atoms with Crippen molar-refractivity contribution in [2.75, 3.05) is 5.32 Å². The predicted molar refractivity (Wildman–Crippen MR) is 74.2 cm³/mol. The first-order valence-corrected chi connectivity index (χ1v) is 5.84. The van der Waals surface area contributed by atoms with Gasteiger partial charge >= 0.3 is 5.97 Å². The summed E-state index contributed by atoms with van der Waals surface area (Å²) >= 11 is 0. The lowest BCUT2D eigenvalue weighted by atomic mass is 10.2. The molecule has 6 heteroatoms. The number of nitrogens with two attached hydrogens (primary N) is 1. The molecular formula is C14H13N3O3. The Morgan fingerprint density at radius 1 is 1.20 bits per heavy atom. The zero-order valence-corrected chi connectivity index (χ0v) is 10.8. The Balaban J connectivity index is 2.32. The molecule has 6 nitrogen and oxygen atoms in total. The van der Waals surface area contributed by atoms with Gasteiger partial charge in [-0.25, -0.2) is 9.78 Å². The number of carbonyl (C=O) groups is 2. The van der Waals surface area contributed by atoms with Crippen LogP contribution in [0.2, 0.25) is 0 Å². The van der Waals surface area contributed by atoms with Crippen molar-refractivity contribution in [2.45, 2.75) is 6.92 Å². The van der Waals surface area contributed by atoms with Gasteiger partial charge in [-0.15, -0.1) is 0 Å². The molecule has 20 heavy (non-hydrogen) atoms. The predicted octanol–water partition coefficient (Wildman–Crippen LogP) is 1.93. The molecule has 0 atom stereocenters. The fourth-order valence-electron chi connectivity index (χ4n) is 1.75. The van der Waals surface area contributed by atoms with Crippen molar-refractivity contribution in [3.63, 3.8) is 0 Å². The maximum Gasteiger partial charge on any atom is 0.335 e. The summed E-state index contributed by atoms with van der Waals surface area (Å²) in [5.74, 6) is -1.12. The van der Waals surface area contributed by atoms with Gasteiger partial charge in [0.15, 0.2) is 0 Å². The molecule has 0 saturated carbocycles. The second kappa shape index (κ2) is 5.40. The number of carboxylic acid groups (broad SMARTS) is 1. The Bertz CT molecular complexity index is 683. The molecule has 1 aromatic carbocycles. The molecule has 0 aliphatic carbocycles. The van der Waals surface area contributed by atoms with Crippen molar-refractivity contribution in [3.8, 4) is 0 Å². The van der Waals surface area contributed by atoms with Crippen LogP contribution in [0.4, 0.5) is 11.5 Å². The number of anilines is 2. The first-order chi connectivity index (χ1) is 9.45. The number of carboxylic acids is 1. The van der Waals surface area contributed by atoms with Gasteiger partial charge in [0, 0.05) is 16.9 Å². The molecule has 0 spiro atoms. The first-order valence-electron chi connectivity index (χ1n) is 5.84. The van der Waals surface area contributed by atoms with E-state index in [0.29, 0.717) is 22.8 Å². The van der Waals surface area contributed by atoms with Gasteiger partial charge in [0.25, 0.3) is 0 Å². The first kappa shape index (κ1) is 13.5. The zero-order chi connectivity index (χ0) is 14.7. The standard InChI is InChI=1S/C14H13N3O3/c1-8-5-10(13(15)18)7-12(16-8)17-11-4-2-3-9(6-11)14(19)20/h2-7H,1H3,(H2,15,18)(H,16,17)(H,19,20). The lowest BCUT2D eigenvalue weighted by Gasteiger charge is -2.08. The number of benzene rings is 1. The maximum atomic E-state index is 11.2. The summed E-state index contributed by atoms with van der Waals surface area (Å²) in [4.78, 5) is 26.3. The van der Waals surface area contributed by atoms with Crippen LogP contribution in [0.25, 0.3) is 0 Å². The number of aromatic nitrogens is 1. The van der Waals surface area contributed by atoms with Crippen LogP contribution in [0.3, 0.4) is 0 Å². The fourth-order valence-corrected chi connectivity index (χ4v) is 1.75. The topological polar surface area (TPSA) is 105 Å². The Hall–Kier alpha value is -2.89. The monoisotopic (exact) mass is 271 g/mol. The van der Waals surface area contributed by atoms with E-state index in [0.717, 1.165) is 0 Å². The minimum Gasteiger partial charge on any atom is -0.478 e. The molecule has 0 radical (unpaired) electrons. The number of pyridine rings is 1. The summed E-state index contributed by atoms with van der Waals surface area (Å²) in [6, 6.07) is 9.41. The average Bonchev–Trinajstić information content (AvgIpc) is 2.38. The van der Waals surface area contributed by atoms with Crippen LogP contribution in [0.1, 0.15) is 26.4 Å². The van der Waals surface area contributed by atoms with E-state index in [2.05, 4.69) is 10.3 Å². The van der Waals surface area contributed by atoms with Crippen LogP contribution in [0.15, 0.2) is 36.4 Å². The summed E-state index contributed by atoms with van der Waals surface area (Å²) in [7, 11) is 0. The molecule has 0 fully saturated rings. The molecule has 2 aromatic rings. The number of aryl methyl sites for hydroxylation is 1. The molecule has 0 bridgehead atoms. The van der Waals surface area contributed by atoms with Crippen molar-refractivity contribution < 1.29 is 14.7 Å². The van der Waals surface area contributed by atoms with Crippen molar-refractivity contribution in [3.05, 3.63) is 53.2 Å². The molecule has 2 rings (SSSR count). The van der Waals surface area contributed by atoms with Gasteiger partial charge in [0.2, 0.25) is 5.91 Å². The molecule has 0 unspecified atom stereocenters. The zero-order valence-electron chi connectivity index (χ0n) is 10.8. The third kappa shape index (κ3) is 3.11. The normalized spacial score (nSPS) is 10.1. The lowest BCUT2D eigenvalue weighted by Crippen LogP contribution is -2.12. The Morgan fingerprint density at radius 2 is 1.95 bits per heavy atom. The average molecular weight is 271 g/mol. The van der Waals surface area contributed by atoms with Crippen LogP contribution in [0.5, 0.6) is 0 Å². The Morgan fingerprint density at radius 3 is 2.60 bits per heavy atom. The van der Waals surface area contributed by atoms with Crippen LogP contribution in [-0.4, -0.2) is 22.0 Å². The summed E-state index contributed by atoms with van der Waals surface area (Å²) in [5.41, 5.74) is 6.95. The SMILES string of the molecule is Cc1cc(C(N)=O)cc(Nc2cccc(C(=O)O)c2)n1. The largest absolute Gasteiger partial charge is 0.478 e. The molecule has 4 N–H and O–H groups in total. The van der Waals surface area contributed by atoms with Gasteiger partial charge in [-0.3, -0.25) is 4.79 Å². The van der Waals surface area contributed by atoms with Crippen LogP contribution in [0, 0.1) is 6.92 Å². The second-order valence-electron chi connectivity index (χ2n) is 4.26. The van der Waals surface area contributed by atoms with E-state index in [1.807, 2.05) is 0 Å². The number of nitrogens with zero attached hydrogens (tertiary/aromatic N) is 1. The Kier molecular flexibility index (Phi) is 3.65. The maximum absolute atomic E-state index is 11.2. The van der Waals surface area contributed by atoms with Gasteiger partial charge in [0.1, 0.15) is 5.82 Å². The number of hydrogen-bond acceptors (Lipinski definition) is 4. The van der Waals surface area contributed by atoms with E-state index in [9.17, 15) is 9.59 Å². The number of nitrogens with one attached hydrogen (secondary N) is 1. The van der Waals surface area contributed by atoms with Crippen LogP contribution in [-0.2, 0) is 0 Å². The number of carbonyl (C=O) groups excluding carboxylic acids is 1. The lowest BCUT2D eigenvalue weighted by molar-refractivity contribution is 0.0696. The van der Waals surface area contributed by atoms with E-state index in [1.54, 1.807) is 25.1 Å². The number of rotatable bonds is 4. The number of hydrogen-bond donors (Lipinski definition) is 3. The van der Waals surface area contributed by atoms with E-state index in [1.165, 1.54) is 18.2 Å². The smallest absolute Gasteiger partial charge is 0.335 e. The minimum atomic E-state index is -1.01. The molecule has 0 saturated heterocycles. The van der Waals surface area contributed by atoms with E-state index in [4.69, 9.17) is 10.8 Å². The highest BCUT2D eigenvalue weighted by molar-refractivity contribution is 5.94. The summed E-state index contributed by atoms with van der Waals surface area (Å²) in [6.07, 6.45) is 0. The third-order valence-electron chi connectivity index (χ3n) is 2.62. The van der Waals surface area contributed by atoms with Gasteiger partial charge in [0.05, 0.1) is 5.56 Å². The van der Waals surface area contributed by atoms with E-state index in [-0.39, 0.29) is 5.56 Å². The van der Waals surface area contributed by atoms with Gasteiger partial charge in [-0.1, -0.05) is 6.07 Å². The van der Waals surface area contributed by atoms with Gasteiger partial charge in [-0.2, -0.15) is 0 Å². The van der Waals surface area contributed by atoms with Crippen molar-refractivity contribution in [2.24, 2.45) is 5.73 Å². The highest BCUT2D eigenvalue weighted by atomic mass is 16.4. The number of amides is 1. The van der Waals surface area contributed by atoms with E-state index >= 15 is 0 Å². The van der Waals surface area contributed by atoms with Gasteiger partial charge < -0.3 is 16.2 Å². The van der Waals surface area contributed by atoms with E-state index < -0.39 is 11.9 Å². The molecule has 1 amide bonds. The molecule has 102 valence electrons. The second-order valence-corrected chi connectivity index (χ2v) is 4.26. The van der Waals surface area contributed by atoms with Crippen LogP contribution < -0.4 is 11.1 Å². The highest BCUT2D eigenvalue weighted by Crippen LogP contribution is 2.18. The summed E-state index contributed by atoms with van der Waals surface area (Å²) < 4.78 is 0. The van der Waals surface area contributed by atoms with Crippen molar-refractivity contribution in [1.29, 1.82) is 0 Å². The summed E-state index contributed by atoms with van der Waals surface area (Å²) in [6.45, 7) is 1.74. The number of aromatic carboxylic acids is 1. The van der Waals surface area contributed by atoms with Gasteiger partial charge in [-0.05, 0) is 37.3 Å². The van der Waals surface area contributed by atoms with Crippen LogP contribution >= 0.6 is 0 Å². The van der Waals surface area contributed by atoms with Crippen molar-refractivity contribution >= 4 is 23.4 Å². The molecule has 0 aliphatic rings. The summed E-state index contributed by atoms with van der Waals surface area (Å²) in [5, 5.41) is 11.9. The molecular weight excluding hydrogens is 258 g/mol. The quantitative estimate of drug-likeness (QED) is 0.788. The van der Waals surface area contributed by atoms with Crippen molar-refractivity contribution in [1.82, 2.24) is 4.98 Å². The molecule has 1 heterocycles.